The van der Waals surface area contributed by atoms with Gasteiger partial charge in [-0.2, -0.15) is 0 Å². The largest absolute Gasteiger partial charge is 0.467 e. The highest BCUT2D eigenvalue weighted by Gasteiger charge is 2.22. The number of carbonyl (C=O) groups excluding carboxylic acids is 2. The van der Waals surface area contributed by atoms with Gasteiger partial charge >= 0.3 is 0 Å². The fourth-order valence-corrected chi connectivity index (χ4v) is 3.84. The molecule has 2 amide bonds. The van der Waals surface area contributed by atoms with Gasteiger partial charge in [0.15, 0.2) is 0 Å². The molecule has 0 bridgehead atoms. The van der Waals surface area contributed by atoms with Crippen LogP contribution in [0.25, 0.3) is 0 Å². The minimum Gasteiger partial charge on any atom is -0.467 e. The average molecular weight is 466 g/mol. The van der Waals surface area contributed by atoms with Crippen LogP contribution in [0.5, 0.6) is 0 Å². The van der Waals surface area contributed by atoms with Crippen LogP contribution in [0.2, 0.25) is 0 Å². The molecule has 0 atom stereocenters. The second-order valence-electron chi connectivity index (χ2n) is 6.94. The molecule has 4 aromatic rings. The SMILES string of the molecule is O=C(NCc1ccco1)c1csc(CN(Cc2ccco2)C(=O)c2cccc([N+](=O)[O-])c2)n1. The molecule has 3 aromatic heterocycles. The highest BCUT2D eigenvalue weighted by molar-refractivity contribution is 7.09. The maximum atomic E-state index is 13.2. The van der Waals surface area contributed by atoms with Crippen LogP contribution in [0.15, 0.2) is 75.3 Å². The second-order valence-corrected chi connectivity index (χ2v) is 7.88. The van der Waals surface area contributed by atoms with Crippen molar-refractivity contribution >= 4 is 28.8 Å². The lowest BCUT2D eigenvalue weighted by Crippen LogP contribution is -2.30. The summed E-state index contributed by atoms with van der Waals surface area (Å²) in [6.07, 6.45) is 3.02. The van der Waals surface area contributed by atoms with Gasteiger partial charge in [0.1, 0.15) is 22.2 Å². The average Bonchev–Trinajstić information content (AvgIpc) is 3.60. The first kappa shape index (κ1) is 22.0. The van der Waals surface area contributed by atoms with E-state index in [4.69, 9.17) is 8.83 Å². The number of rotatable bonds is 9. The Hall–Kier alpha value is -4.25. The number of aromatic nitrogens is 1. The molecule has 0 radical (unpaired) electrons. The van der Waals surface area contributed by atoms with E-state index in [-0.39, 0.29) is 42.5 Å². The molecule has 1 N–H and O–H groups in total. The second kappa shape index (κ2) is 9.92. The predicted molar refractivity (Wildman–Crippen MR) is 117 cm³/mol. The number of non-ortho nitro benzene ring substituents is 1. The third-order valence-electron chi connectivity index (χ3n) is 4.63. The zero-order valence-electron chi connectivity index (χ0n) is 17.2. The molecule has 33 heavy (non-hydrogen) atoms. The number of carbonyl (C=O) groups is 2. The van der Waals surface area contributed by atoms with E-state index in [1.165, 1.54) is 53.0 Å². The fraction of sp³-hybridized carbons (Fsp3) is 0.136. The zero-order valence-corrected chi connectivity index (χ0v) is 18.0. The maximum absolute atomic E-state index is 13.2. The fourth-order valence-electron chi connectivity index (χ4n) is 3.05. The van der Waals surface area contributed by atoms with Crippen LogP contribution in [0.1, 0.15) is 37.4 Å². The van der Waals surface area contributed by atoms with Crippen molar-refractivity contribution in [3.05, 3.63) is 104 Å². The molecule has 0 spiro atoms. The number of nitro groups is 1. The first-order valence-corrected chi connectivity index (χ1v) is 10.7. The Bertz CT molecular complexity index is 1250. The molecule has 4 rings (SSSR count). The quantitative estimate of drug-likeness (QED) is 0.291. The van der Waals surface area contributed by atoms with Gasteiger partial charge in [0.2, 0.25) is 0 Å². The Labute approximate surface area is 191 Å². The number of hydrogen-bond acceptors (Lipinski definition) is 8. The summed E-state index contributed by atoms with van der Waals surface area (Å²) in [5.41, 5.74) is 0.217. The third-order valence-corrected chi connectivity index (χ3v) is 5.47. The van der Waals surface area contributed by atoms with Crippen molar-refractivity contribution in [1.82, 2.24) is 15.2 Å². The highest BCUT2D eigenvalue weighted by Crippen LogP contribution is 2.20. The maximum Gasteiger partial charge on any atom is 0.271 e. The number of amides is 2. The number of furan rings is 2. The number of hydrogen-bond donors (Lipinski definition) is 1. The van der Waals surface area contributed by atoms with Gasteiger partial charge in [-0.25, -0.2) is 4.98 Å². The molecule has 3 heterocycles. The first-order chi connectivity index (χ1) is 16.0. The summed E-state index contributed by atoms with van der Waals surface area (Å²) in [4.78, 5) is 41.9. The summed E-state index contributed by atoms with van der Waals surface area (Å²) in [6, 6.07) is 12.4. The van der Waals surface area contributed by atoms with Crippen LogP contribution >= 0.6 is 11.3 Å². The third kappa shape index (κ3) is 5.52. The Balaban J connectivity index is 1.50. The first-order valence-electron chi connectivity index (χ1n) is 9.80. The Morgan fingerprint density at radius 2 is 1.82 bits per heavy atom. The summed E-state index contributed by atoms with van der Waals surface area (Å²) in [5, 5.41) is 16.0. The van der Waals surface area contributed by atoms with Gasteiger partial charge in [-0.3, -0.25) is 19.7 Å². The van der Waals surface area contributed by atoms with Crippen LogP contribution in [0, 0.1) is 10.1 Å². The molecule has 11 heteroatoms. The molecule has 10 nitrogen and oxygen atoms in total. The van der Waals surface area contributed by atoms with Gasteiger partial charge < -0.3 is 19.1 Å². The van der Waals surface area contributed by atoms with Crippen molar-refractivity contribution in [2.75, 3.05) is 0 Å². The summed E-state index contributed by atoms with van der Waals surface area (Å²) in [6.45, 7) is 0.459. The van der Waals surface area contributed by atoms with Crippen molar-refractivity contribution in [2.24, 2.45) is 0 Å². The van der Waals surface area contributed by atoms with E-state index in [0.717, 1.165) is 0 Å². The topological polar surface area (TPSA) is 132 Å². The summed E-state index contributed by atoms with van der Waals surface area (Å²) in [7, 11) is 0. The monoisotopic (exact) mass is 466 g/mol. The van der Waals surface area contributed by atoms with Gasteiger partial charge in [0, 0.05) is 23.1 Å². The number of nitro benzene ring substituents is 1. The summed E-state index contributed by atoms with van der Waals surface area (Å²) >= 11 is 1.23. The molecule has 0 aliphatic heterocycles. The van der Waals surface area contributed by atoms with Gasteiger partial charge in [-0.1, -0.05) is 6.07 Å². The van der Waals surface area contributed by atoms with Crippen LogP contribution in [-0.4, -0.2) is 26.6 Å². The molecule has 168 valence electrons. The van der Waals surface area contributed by atoms with Crippen LogP contribution in [-0.2, 0) is 19.6 Å². The molecule has 0 aliphatic carbocycles. The van der Waals surface area contributed by atoms with E-state index in [1.54, 1.807) is 29.6 Å². The highest BCUT2D eigenvalue weighted by atomic mass is 32.1. The van der Waals surface area contributed by atoms with E-state index in [9.17, 15) is 19.7 Å². The van der Waals surface area contributed by atoms with E-state index in [0.29, 0.717) is 16.5 Å². The Morgan fingerprint density at radius 3 is 2.52 bits per heavy atom. The molecular weight excluding hydrogens is 448 g/mol. The van der Waals surface area contributed by atoms with Crippen LogP contribution in [0.3, 0.4) is 0 Å². The number of thiazole rings is 1. The predicted octanol–water partition coefficient (Wildman–Crippen LogP) is 4.01. The zero-order chi connectivity index (χ0) is 23.2. The molecule has 0 saturated heterocycles. The van der Waals surface area contributed by atoms with E-state index < -0.39 is 10.8 Å². The van der Waals surface area contributed by atoms with E-state index in [2.05, 4.69) is 10.3 Å². The Kier molecular flexibility index (Phi) is 6.60. The molecule has 0 unspecified atom stereocenters. The van der Waals surface area contributed by atoms with Gasteiger partial charge in [0.25, 0.3) is 17.5 Å². The van der Waals surface area contributed by atoms with E-state index >= 15 is 0 Å². The minimum absolute atomic E-state index is 0.0956. The smallest absolute Gasteiger partial charge is 0.271 e. The lowest BCUT2D eigenvalue weighted by molar-refractivity contribution is -0.384. The lowest BCUT2D eigenvalue weighted by atomic mass is 10.1. The molecule has 0 saturated carbocycles. The molecule has 0 aliphatic rings. The number of nitrogens with zero attached hydrogens (tertiary/aromatic N) is 3. The van der Waals surface area contributed by atoms with Crippen molar-refractivity contribution in [1.29, 1.82) is 0 Å². The van der Waals surface area contributed by atoms with Crippen molar-refractivity contribution in [3.63, 3.8) is 0 Å². The number of nitrogens with one attached hydrogen (secondary N) is 1. The minimum atomic E-state index is -0.553. The van der Waals surface area contributed by atoms with Crippen molar-refractivity contribution < 1.29 is 23.3 Å². The summed E-state index contributed by atoms with van der Waals surface area (Å²) in [5.74, 6) is 0.373. The van der Waals surface area contributed by atoms with Crippen LogP contribution < -0.4 is 5.32 Å². The lowest BCUT2D eigenvalue weighted by Gasteiger charge is -2.20. The molecule has 1 aromatic carbocycles. The normalized spacial score (nSPS) is 10.7. The molecule has 0 fully saturated rings. The van der Waals surface area contributed by atoms with Crippen LogP contribution in [0.4, 0.5) is 5.69 Å². The van der Waals surface area contributed by atoms with Gasteiger partial charge in [0.05, 0.1) is 37.1 Å². The van der Waals surface area contributed by atoms with Gasteiger partial charge in [-0.15, -0.1) is 11.3 Å². The number of benzene rings is 1. The van der Waals surface area contributed by atoms with E-state index in [1.807, 2.05) is 0 Å². The molecular formula is C22H18N4O6S. The Morgan fingerprint density at radius 1 is 1.06 bits per heavy atom. The standard InChI is InChI=1S/C22H18N4O6S/c27-21(23-11-17-6-2-8-31-17)19-14-33-20(24-19)13-25(12-18-7-3-9-32-18)22(28)15-4-1-5-16(10-15)26(29)30/h1-10,14H,11-13H2,(H,23,27). The summed E-state index contributed by atoms with van der Waals surface area (Å²) < 4.78 is 10.6. The van der Waals surface area contributed by atoms with Gasteiger partial charge in [-0.05, 0) is 30.3 Å². The van der Waals surface area contributed by atoms with Crippen molar-refractivity contribution in [3.8, 4) is 0 Å². The van der Waals surface area contributed by atoms with Crippen molar-refractivity contribution in [2.45, 2.75) is 19.6 Å².